The van der Waals surface area contributed by atoms with E-state index in [1.54, 1.807) is 21.3 Å². The highest BCUT2D eigenvalue weighted by atomic mass is 28.4. The van der Waals surface area contributed by atoms with Gasteiger partial charge < -0.3 is 18.0 Å². The lowest BCUT2D eigenvalue weighted by atomic mass is 10.4. The minimum absolute atomic E-state index is 0.358. The van der Waals surface area contributed by atoms with E-state index in [-0.39, 0.29) is 0 Å². The van der Waals surface area contributed by atoms with E-state index in [9.17, 15) is 0 Å². The van der Waals surface area contributed by atoms with Crippen molar-refractivity contribution in [2.45, 2.75) is 6.92 Å². The fourth-order valence-electron chi connectivity index (χ4n) is 0.924. The Morgan fingerprint density at radius 2 is 1.60 bits per heavy atom. The van der Waals surface area contributed by atoms with Crippen LogP contribution in [-0.2, 0) is 18.0 Å². The number of rotatable bonds is 8. The molecule has 15 heavy (non-hydrogen) atoms. The first-order chi connectivity index (χ1) is 7.24. The molecule has 0 unspecified atom stereocenters. The third-order valence-corrected chi connectivity index (χ3v) is 4.29. The Morgan fingerprint density at radius 1 is 1.00 bits per heavy atom. The summed E-state index contributed by atoms with van der Waals surface area (Å²) >= 11 is 0. The molecule has 0 heterocycles. The SMILES string of the molecule is C/C=C/C=C/COC[Si](OC)(OC)OC. The van der Waals surface area contributed by atoms with Gasteiger partial charge in [0.05, 0.1) is 6.61 Å². The van der Waals surface area contributed by atoms with Crippen molar-refractivity contribution in [3.05, 3.63) is 24.3 Å². The molecule has 0 spiro atoms. The van der Waals surface area contributed by atoms with Gasteiger partial charge in [-0.2, -0.15) is 0 Å². The molecule has 0 rings (SSSR count). The Balaban J connectivity index is 3.81. The smallest absolute Gasteiger partial charge is 0.375 e. The van der Waals surface area contributed by atoms with Gasteiger partial charge in [-0.05, 0) is 6.92 Å². The minimum Gasteiger partial charge on any atom is -0.375 e. The minimum atomic E-state index is -2.56. The van der Waals surface area contributed by atoms with Gasteiger partial charge in [0.1, 0.15) is 6.23 Å². The van der Waals surface area contributed by atoms with Crippen LogP contribution in [0.4, 0.5) is 0 Å². The van der Waals surface area contributed by atoms with Crippen molar-refractivity contribution < 1.29 is 18.0 Å². The van der Waals surface area contributed by atoms with Gasteiger partial charge >= 0.3 is 8.80 Å². The molecule has 0 aromatic heterocycles. The average molecular weight is 232 g/mol. The largest absolute Gasteiger partial charge is 0.527 e. The summed E-state index contributed by atoms with van der Waals surface area (Å²) in [6, 6.07) is 0. The maximum absolute atomic E-state index is 5.38. The summed E-state index contributed by atoms with van der Waals surface area (Å²) in [6.07, 6.45) is 8.10. The molecule has 0 aliphatic rings. The number of hydrogen-bond acceptors (Lipinski definition) is 4. The summed E-state index contributed by atoms with van der Waals surface area (Å²) in [4.78, 5) is 0. The van der Waals surface area contributed by atoms with E-state index in [1.807, 2.05) is 31.2 Å². The lowest BCUT2D eigenvalue weighted by Gasteiger charge is -2.23. The Hall–Kier alpha value is -0.463. The summed E-state index contributed by atoms with van der Waals surface area (Å²) in [5, 5.41) is 0. The van der Waals surface area contributed by atoms with Gasteiger partial charge in [0.25, 0.3) is 0 Å². The van der Waals surface area contributed by atoms with Crippen LogP contribution in [0.15, 0.2) is 24.3 Å². The molecule has 4 nitrogen and oxygen atoms in total. The number of allylic oxidation sites excluding steroid dienone is 3. The third-order valence-electron chi connectivity index (χ3n) is 1.87. The van der Waals surface area contributed by atoms with Crippen LogP contribution in [0, 0.1) is 0 Å². The van der Waals surface area contributed by atoms with Gasteiger partial charge in [0.15, 0.2) is 0 Å². The summed E-state index contributed by atoms with van der Waals surface area (Å²) in [5.41, 5.74) is 0. The van der Waals surface area contributed by atoms with Gasteiger partial charge in [-0.3, -0.25) is 0 Å². The van der Waals surface area contributed by atoms with Crippen molar-refractivity contribution in [3.63, 3.8) is 0 Å². The zero-order valence-electron chi connectivity index (χ0n) is 9.86. The molecule has 0 atom stereocenters. The zero-order valence-corrected chi connectivity index (χ0v) is 10.9. The molecule has 5 heteroatoms. The topological polar surface area (TPSA) is 36.9 Å². The van der Waals surface area contributed by atoms with E-state index in [1.165, 1.54) is 0 Å². The fraction of sp³-hybridized carbons (Fsp3) is 0.600. The zero-order chi connectivity index (χ0) is 11.6. The Labute approximate surface area is 92.8 Å². The van der Waals surface area contributed by atoms with Crippen LogP contribution in [0.5, 0.6) is 0 Å². The normalized spacial score (nSPS) is 13.1. The molecule has 0 bridgehead atoms. The molecule has 0 saturated carbocycles. The van der Waals surface area contributed by atoms with Crippen LogP contribution in [-0.4, -0.2) is 43.0 Å². The molecule has 0 fully saturated rings. The summed E-state index contributed by atoms with van der Waals surface area (Å²) in [6.45, 7) is 2.49. The van der Waals surface area contributed by atoms with Gasteiger partial charge in [0.2, 0.25) is 0 Å². The Morgan fingerprint density at radius 3 is 2.07 bits per heavy atom. The molecule has 0 aliphatic heterocycles. The molecule has 0 aliphatic carbocycles. The fourth-order valence-corrected chi connectivity index (χ4v) is 2.15. The monoisotopic (exact) mass is 232 g/mol. The quantitative estimate of drug-likeness (QED) is 0.361. The third kappa shape index (κ3) is 5.86. The van der Waals surface area contributed by atoms with Gasteiger partial charge in [-0.15, -0.1) is 0 Å². The predicted molar refractivity (Wildman–Crippen MR) is 61.6 cm³/mol. The van der Waals surface area contributed by atoms with Crippen molar-refractivity contribution in [1.29, 1.82) is 0 Å². The maximum atomic E-state index is 5.38. The second-order valence-corrected chi connectivity index (χ2v) is 5.64. The first kappa shape index (κ1) is 14.5. The average Bonchev–Trinajstić information content (AvgIpc) is 2.29. The molecule has 0 radical (unpaired) electrons. The van der Waals surface area contributed by atoms with E-state index in [2.05, 4.69) is 0 Å². The summed E-state index contributed by atoms with van der Waals surface area (Å²) < 4.78 is 21.0. The molecular formula is C10H20O4Si. The predicted octanol–water partition coefficient (Wildman–Crippen LogP) is 1.55. The highest BCUT2D eigenvalue weighted by Crippen LogP contribution is 2.05. The molecule has 0 aromatic carbocycles. The van der Waals surface area contributed by atoms with Crippen LogP contribution in [0.25, 0.3) is 0 Å². The lowest BCUT2D eigenvalue weighted by molar-refractivity contribution is 0.0719. The lowest BCUT2D eigenvalue weighted by Crippen LogP contribution is -2.48. The molecular weight excluding hydrogens is 212 g/mol. The van der Waals surface area contributed by atoms with E-state index in [4.69, 9.17) is 18.0 Å². The van der Waals surface area contributed by atoms with Crippen molar-refractivity contribution in [2.24, 2.45) is 0 Å². The van der Waals surface area contributed by atoms with Crippen molar-refractivity contribution in [3.8, 4) is 0 Å². The van der Waals surface area contributed by atoms with Gasteiger partial charge in [0, 0.05) is 21.3 Å². The molecule has 0 amide bonds. The number of hydrogen-bond donors (Lipinski definition) is 0. The first-order valence-electron chi connectivity index (χ1n) is 4.75. The first-order valence-corrected chi connectivity index (χ1v) is 6.69. The maximum Gasteiger partial charge on any atom is 0.527 e. The van der Waals surface area contributed by atoms with Crippen LogP contribution in [0.2, 0.25) is 0 Å². The van der Waals surface area contributed by atoms with Crippen molar-refractivity contribution >= 4 is 8.80 Å². The van der Waals surface area contributed by atoms with Gasteiger partial charge in [-0.25, -0.2) is 0 Å². The Bertz CT molecular complexity index is 191. The standard InChI is InChI=1S/C10H20O4Si/c1-5-6-7-8-9-14-10-15(11-2,12-3)13-4/h5-8H,9-10H2,1-4H3/b6-5+,8-7+. The highest BCUT2D eigenvalue weighted by molar-refractivity contribution is 6.60. The van der Waals surface area contributed by atoms with Crippen molar-refractivity contribution in [2.75, 3.05) is 34.2 Å². The molecule has 0 aromatic rings. The molecule has 0 N–H and O–H groups in total. The molecule has 0 saturated heterocycles. The van der Waals surface area contributed by atoms with Crippen LogP contribution < -0.4 is 0 Å². The summed E-state index contributed by atoms with van der Waals surface area (Å²) in [5.74, 6) is 0. The van der Waals surface area contributed by atoms with Gasteiger partial charge in [-0.1, -0.05) is 24.3 Å². The summed E-state index contributed by atoms with van der Waals surface area (Å²) in [7, 11) is 2.14. The number of ether oxygens (including phenoxy) is 1. The van der Waals surface area contributed by atoms with E-state index in [0.29, 0.717) is 12.8 Å². The van der Waals surface area contributed by atoms with Crippen molar-refractivity contribution in [1.82, 2.24) is 0 Å². The van der Waals surface area contributed by atoms with Crippen LogP contribution in [0.3, 0.4) is 0 Å². The van der Waals surface area contributed by atoms with Crippen LogP contribution in [0.1, 0.15) is 6.92 Å². The highest BCUT2D eigenvalue weighted by Gasteiger charge is 2.38. The molecule has 88 valence electrons. The van der Waals surface area contributed by atoms with E-state index < -0.39 is 8.80 Å². The second kappa shape index (κ2) is 8.81. The van der Waals surface area contributed by atoms with E-state index >= 15 is 0 Å². The van der Waals surface area contributed by atoms with Crippen LogP contribution >= 0.6 is 0 Å². The second-order valence-electron chi connectivity index (χ2n) is 2.76. The van der Waals surface area contributed by atoms with E-state index in [0.717, 1.165) is 0 Å². The Kier molecular flexibility index (Phi) is 8.54.